The molecule has 2 aromatic carbocycles. The summed E-state index contributed by atoms with van der Waals surface area (Å²) < 4.78 is 11.2. The van der Waals surface area contributed by atoms with Crippen LogP contribution in [-0.4, -0.2) is 28.6 Å². The van der Waals surface area contributed by atoms with Crippen LogP contribution in [0.15, 0.2) is 85.2 Å². The highest BCUT2D eigenvalue weighted by molar-refractivity contribution is 6.11. The first-order chi connectivity index (χ1) is 16.6. The fourth-order valence-corrected chi connectivity index (χ4v) is 3.39. The summed E-state index contributed by atoms with van der Waals surface area (Å²) in [6, 6.07) is 18.8. The quantitative estimate of drug-likeness (QED) is 0.257. The highest BCUT2D eigenvalue weighted by Crippen LogP contribution is 2.26. The molecule has 2 heterocycles. The van der Waals surface area contributed by atoms with Gasteiger partial charge in [-0.25, -0.2) is 0 Å². The van der Waals surface area contributed by atoms with Crippen molar-refractivity contribution in [3.63, 3.8) is 0 Å². The SMILES string of the molecule is COc1cc(OCc2ccccn2)ccc1/C=C/C(=O)CC(=O)/C=C/c1ccc2cc[nH]c2c1. The molecule has 4 rings (SSSR count). The molecule has 4 aromatic rings. The first-order valence-corrected chi connectivity index (χ1v) is 10.8. The van der Waals surface area contributed by atoms with Gasteiger partial charge in [0, 0.05) is 29.5 Å². The van der Waals surface area contributed by atoms with Crippen molar-refractivity contribution in [1.82, 2.24) is 9.97 Å². The second kappa shape index (κ2) is 10.9. The van der Waals surface area contributed by atoms with Crippen LogP contribution in [0.3, 0.4) is 0 Å². The minimum atomic E-state index is -0.285. The molecule has 0 aliphatic rings. The molecule has 0 saturated carbocycles. The molecule has 0 amide bonds. The summed E-state index contributed by atoms with van der Waals surface area (Å²) in [6.45, 7) is 0.339. The maximum atomic E-state index is 12.3. The molecule has 0 aliphatic carbocycles. The summed E-state index contributed by atoms with van der Waals surface area (Å²) in [7, 11) is 1.55. The summed E-state index contributed by atoms with van der Waals surface area (Å²) in [4.78, 5) is 31.9. The second-order valence-corrected chi connectivity index (χ2v) is 7.61. The maximum absolute atomic E-state index is 12.3. The average Bonchev–Trinajstić information content (AvgIpc) is 3.34. The van der Waals surface area contributed by atoms with E-state index in [-0.39, 0.29) is 18.0 Å². The molecule has 0 atom stereocenters. The number of carbonyl (C=O) groups is 2. The third-order valence-corrected chi connectivity index (χ3v) is 5.16. The van der Waals surface area contributed by atoms with E-state index in [4.69, 9.17) is 9.47 Å². The first-order valence-electron chi connectivity index (χ1n) is 10.8. The molecule has 0 bridgehead atoms. The van der Waals surface area contributed by atoms with Gasteiger partial charge < -0.3 is 14.5 Å². The van der Waals surface area contributed by atoms with Crippen LogP contribution in [0.5, 0.6) is 11.5 Å². The summed E-state index contributed by atoms with van der Waals surface area (Å²) in [5, 5.41) is 1.10. The smallest absolute Gasteiger partial charge is 0.163 e. The Labute approximate surface area is 197 Å². The number of aromatic amines is 1. The number of hydrogen-bond acceptors (Lipinski definition) is 5. The van der Waals surface area contributed by atoms with Crippen molar-refractivity contribution in [2.45, 2.75) is 13.0 Å². The lowest BCUT2D eigenvalue weighted by molar-refractivity contribution is -0.121. The monoisotopic (exact) mass is 452 g/mol. The molecule has 0 unspecified atom stereocenters. The van der Waals surface area contributed by atoms with Gasteiger partial charge in [0.15, 0.2) is 11.6 Å². The molecule has 0 saturated heterocycles. The number of methoxy groups -OCH3 is 1. The van der Waals surface area contributed by atoms with Gasteiger partial charge in [0.25, 0.3) is 0 Å². The molecule has 1 N–H and O–H groups in total. The minimum Gasteiger partial charge on any atom is -0.496 e. The van der Waals surface area contributed by atoms with Crippen molar-refractivity contribution < 1.29 is 19.1 Å². The van der Waals surface area contributed by atoms with Crippen LogP contribution < -0.4 is 9.47 Å². The van der Waals surface area contributed by atoms with Crippen molar-refractivity contribution in [3.8, 4) is 11.5 Å². The maximum Gasteiger partial charge on any atom is 0.163 e. The van der Waals surface area contributed by atoms with Crippen molar-refractivity contribution in [2.24, 2.45) is 0 Å². The van der Waals surface area contributed by atoms with Crippen LogP contribution in [0.4, 0.5) is 0 Å². The van der Waals surface area contributed by atoms with E-state index in [1.54, 1.807) is 43.7 Å². The van der Waals surface area contributed by atoms with Crippen molar-refractivity contribution in [3.05, 3.63) is 102 Å². The molecule has 0 radical (unpaired) electrons. The van der Waals surface area contributed by atoms with Crippen LogP contribution in [0.1, 0.15) is 23.2 Å². The van der Waals surface area contributed by atoms with Crippen molar-refractivity contribution >= 4 is 34.6 Å². The molecular weight excluding hydrogens is 428 g/mol. The Morgan fingerprint density at radius 3 is 2.62 bits per heavy atom. The van der Waals surface area contributed by atoms with Gasteiger partial charge in [0.05, 0.1) is 19.2 Å². The summed E-state index contributed by atoms with van der Waals surface area (Å²) in [5.41, 5.74) is 3.42. The Morgan fingerprint density at radius 2 is 1.82 bits per heavy atom. The van der Waals surface area contributed by atoms with Gasteiger partial charge in [-0.3, -0.25) is 14.6 Å². The number of H-pyrrole nitrogens is 1. The van der Waals surface area contributed by atoms with Crippen molar-refractivity contribution in [2.75, 3.05) is 7.11 Å². The summed E-state index contributed by atoms with van der Waals surface area (Å²) in [5.74, 6) is 0.649. The predicted octanol–water partition coefficient (Wildman–Crippen LogP) is 5.41. The molecule has 6 heteroatoms. The number of benzene rings is 2. The fourth-order valence-electron chi connectivity index (χ4n) is 3.39. The van der Waals surface area contributed by atoms with Crippen LogP contribution >= 0.6 is 0 Å². The molecule has 0 spiro atoms. The van der Waals surface area contributed by atoms with Gasteiger partial charge in [0.1, 0.15) is 18.1 Å². The Balaban J connectivity index is 1.33. The third kappa shape index (κ3) is 6.07. The third-order valence-electron chi connectivity index (χ3n) is 5.16. The highest BCUT2D eigenvalue weighted by Gasteiger charge is 2.07. The van der Waals surface area contributed by atoms with Gasteiger partial charge in [-0.2, -0.15) is 0 Å². The van der Waals surface area contributed by atoms with E-state index in [0.29, 0.717) is 23.7 Å². The van der Waals surface area contributed by atoms with Crippen LogP contribution in [0.25, 0.3) is 23.1 Å². The number of hydrogen-bond donors (Lipinski definition) is 1. The van der Waals surface area contributed by atoms with E-state index in [1.165, 1.54) is 12.2 Å². The summed E-state index contributed by atoms with van der Waals surface area (Å²) in [6.07, 6.45) is 9.56. The zero-order valence-corrected chi connectivity index (χ0v) is 18.7. The second-order valence-electron chi connectivity index (χ2n) is 7.61. The number of allylic oxidation sites excluding steroid dienone is 2. The minimum absolute atomic E-state index is 0.203. The standard InChI is InChI=1S/C28H24N2O4/c1-33-28-18-26(34-19-23-4-2-3-14-29-23)12-9-22(28)8-11-25(32)17-24(31)10-6-20-5-7-21-13-15-30-27(21)16-20/h2-16,18,30H,17,19H2,1H3/b10-6+,11-8+. The molecule has 0 fully saturated rings. The predicted molar refractivity (Wildman–Crippen MR) is 133 cm³/mol. The summed E-state index contributed by atoms with van der Waals surface area (Å²) >= 11 is 0. The van der Waals surface area contributed by atoms with E-state index >= 15 is 0 Å². The molecular formula is C28H24N2O4. The van der Waals surface area contributed by atoms with Crippen molar-refractivity contribution in [1.29, 1.82) is 0 Å². The Bertz CT molecular complexity index is 1350. The molecule has 2 aromatic heterocycles. The number of nitrogens with zero attached hydrogens (tertiary/aromatic N) is 1. The van der Waals surface area contributed by atoms with Crippen LogP contribution in [0, 0.1) is 0 Å². The van der Waals surface area contributed by atoms with Gasteiger partial charge >= 0.3 is 0 Å². The number of ether oxygens (including phenoxy) is 2. The van der Waals surface area contributed by atoms with Gasteiger partial charge in [0.2, 0.25) is 0 Å². The van der Waals surface area contributed by atoms with E-state index in [1.807, 2.05) is 48.7 Å². The zero-order chi connectivity index (χ0) is 23.8. The molecule has 6 nitrogen and oxygen atoms in total. The van der Waals surface area contributed by atoms with Crippen LogP contribution in [0.2, 0.25) is 0 Å². The number of rotatable bonds is 10. The Kier molecular flexibility index (Phi) is 7.30. The zero-order valence-electron chi connectivity index (χ0n) is 18.7. The lowest BCUT2D eigenvalue weighted by Crippen LogP contribution is -2.02. The first kappa shape index (κ1) is 22.7. The number of carbonyl (C=O) groups excluding carboxylic acids is 2. The highest BCUT2D eigenvalue weighted by atomic mass is 16.5. The average molecular weight is 453 g/mol. The Morgan fingerprint density at radius 1 is 0.971 bits per heavy atom. The largest absolute Gasteiger partial charge is 0.496 e. The fraction of sp³-hybridized carbons (Fsp3) is 0.107. The van der Waals surface area contributed by atoms with E-state index in [9.17, 15) is 9.59 Å². The normalized spacial score (nSPS) is 11.3. The number of fused-ring (bicyclic) bond motifs is 1. The topological polar surface area (TPSA) is 81.3 Å². The Hall–Kier alpha value is -4.45. The lowest BCUT2D eigenvalue weighted by Gasteiger charge is -2.09. The number of nitrogens with one attached hydrogen (secondary N) is 1. The van der Waals surface area contributed by atoms with Gasteiger partial charge in [-0.1, -0.05) is 24.3 Å². The van der Waals surface area contributed by atoms with E-state index in [0.717, 1.165) is 22.2 Å². The number of ketones is 2. The number of aromatic nitrogens is 2. The molecule has 0 aliphatic heterocycles. The molecule has 34 heavy (non-hydrogen) atoms. The van der Waals surface area contributed by atoms with Gasteiger partial charge in [-0.15, -0.1) is 0 Å². The number of pyridine rings is 1. The van der Waals surface area contributed by atoms with E-state index in [2.05, 4.69) is 9.97 Å². The van der Waals surface area contributed by atoms with E-state index < -0.39 is 0 Å². The lowest BCUT2D eigenvalue weighted by atomic mass is 10.1. The molecule has 170 valence electrons. The van der Waals surface area contributed by atoms with Gasteiger partial charge in [-0.05, 0) is 65.6 Å². The van der Waals surface area contributed by atoms with Crippen LogP contribution in [-0.2, 0) is 16.2 Å².